The average Bonchev–Trinajstić information content (AvgIpc) is 2.39. The first-order valence-electron chi connectivity index (χ1n) is 7.49. The van der Waals surface area contributed by atoms with Crippen LogP contribution < -0.4 is 0 Å². The number of rotatable bonds is 4. The van der Waals surface area contributed by atoms with Gasteiger partial charge < -0.3 is 0 Å². The molecule has 0 atom stereocenters. The Hall–Kier alpha value is -1.56. The molecule has 0 aromatic heterocycles. The van der Waals surface area contributed by atoms with Crippen LogP contribution in [0.25, 0.3) is 0 Å². The molecular formula is C20H26. The van der Waals surface area contributed by atoms with Crippen LogP contribution in [-0.2, 0) is 12.8 Å². The Kier molecular flexibility index (Phi) is 4.32. The van der Waals surface area contributed by atoms with Gasteiger partial charge in [0.15, 0.2) is 0 Å². The fraction of sp³-hybridized carbons (Fsp3) is 0.400. The lowest BCUT2D eigenvalue weighted by atomic mass is 9.62. The molecule has 0 N–H and O–H groups in total. The lowest BCUT2D eigenvalue weighted by molar-refractivity contribution is 0.108. The van der Waals surface area contributed by atoms with Crippen molar-refractivity contribution in [3.63, 3.8) is 0 Å². The minimum absolute atomic E-state index is 0.246. The van der Waals surface area contributed by atoms with Crippen molar-refractivity contribution in [2.75, 3.05) is 0 Å². The van der Waals surface area contributed by atoms with E-state index in [0.717, 1.165) is 12.8 Å². The molecule has 0 nitrogen and oxygen atoms in total. The summed E-state index contributed by atoms with van der Waals surface area (Å²) in [5.74, 6) is 0. The Morgan fingerprint density at radius 1 is 0.600 bits per heavy atom. The molecule has 0 unspecified atom stereocenters. The van der Waals surface area contributed by atoms with Gasteiger partial charge >= 0.3 is 0 Å². The third-order valence-corrected chi connectivity index (χ3v) is 4.68. The predicted octanol–water partition coefficient (Wildman–Crippen LogP) is 5.52. The number of hydrogen-bond donors (Lipinski definition) is 0. The highest BCUT2D eigenvalue weighted by Crippen LogP contribution is 2.43. The molecule has 20 heavy (non-hydrogen) atoms. The molecule has 0 radical (unpaired) electrons. The van der Waals surface area contributed by atoms with E-state index in [1.54, 1.807) is 0 Å². The largest absolute Gasteiger partial charge is 0.0622 e. The minimum Gasteiger partial charge on any atom is -0.0622 e. The van der Waals surface area contributed by atoms with E-state index in [9.17, 15) is 0 Å². The van der Waals surface area contributed by atoms with Crippen LogP contribution in [0.5, 0.6) is 0 Å². The van der Waals surface area contributed by atoms with Gasteiger partial charge in [-0.2, -0.15) is 0 Å². The summed E-state index contributed by atoms with van der Waals surface area (Å²) < 4.78 is 0. The highest BCUT2D eigenvalue weighted by atomic mass is 14.4. The van der Waals surface area contributed by atoms with E-state index in [1.165, 1.54) is 11.1 Å². The second kappa shape index (κ2) is 5.83. The van der Waals surface area contributed by atoms with Crippen LogP contribution in [0, 0.1) is 10.8 Å². The van der Waals surface area contributed by atoms with Crippen LogP contribution >= 0.6 is 0 Å². The van der Waals surface area contributed by atoms with E-state index in [1.807, 2.05) is 0 Å². The molecule has 0 amide bonds. The molecule has 0 spiro atoms. The Morgan fingerprint density at radius 3 is 1.25 bits per heavy atom. The van der Waals surface area contributed by atoms with Crippen LogP contribution in [0.15, 0.2) is 60.7 Å². The second-order valence-electron chi connectivity index (χ2n) is 7.14. The quantitative estimate of drug-likeness (QED) is 0.683. The lowest BCUT2D eigenvalue weighted by Gasteiger charge is -2.43. The molecule has 0 heteroatoms. The maximum Gasteiger partial charge on any atom is -0.0196 e. The summed E-state index contributed by atoms with van der Waals surface area (Å²) in [6.07, 6.45) is 2.23. The summed E-state index contributed by atoms with van der Waals surface area (Å²) >= 11 is 0. The Bertz CT molecular complexity index is 475. The predicted molar refractivity (Wildman–Crippen MR) is 87.9 cm³/mol. The Balaban J connectivity index is 2.27. The van der Waals surface area contributed by atoms with Gasteiger partial charge in [-0.05, 0) is 34.8 Å². The van der Waals surface area contributed by atoms with Crippen molar-refractivity contribution in [3.05, 3.63) is 71.8 Å². The van der Waals surface area contributed by atoms with Gasteiger partial charge in [-0.1, -0.05) is 88.4 Å². The SMILES string of the molecule is CC(C)(C)C(C)(Cc1ccccc1)Cc1ccccc1. The zero-order valence-electron chi connectivity index (χ0n) is 13.2. The highest BCUT2D eigenvalue weighted by Gasteiger charge is 2.37. The molecule has 2 rings (SSSR count). The molecule has 2 aromatic rings. The Labute approximate surface area is 123 Å². The first-order valence-corrected chi connectivity index (χ1v) is 7.49. The van der Waals surface area contributed by atoms with E-state index in [0.29, 0.717) is 0 Å². The maximum atomic E-state index is 2.42. The monoisotopic (exact) mass is 266 g/mol. The van der Waals surface area contributed by atoms with Crippen molar-refractivity contribution in [2.24, 2.45) is 10.8 Å². The van der Waals surface area contributed by atoms with Crippen LogP contribution in [0.4, 0.5) is 0 Å². The van der Waals surface area contributed by atoms with E-state index in [4.69, 9.17) is 0 Å². The number of benzene rings is 2. The summed E-state index contributed by atoms with van der Waals surface area (Å²) in [5, 5.41) is 0. The first-order chi connectivity index (χ1) is 9.41. The van der Waals surface area contributed by atoms with E-state index < -0.39 is 0 Å². The van der Waals surface area contributed by atoms with Gasteiger partial charge in [-0.3, -0.25) is 0 Å². The third-order valence-electron chi connectivity index (χ3n) is 4.68. The summed E-state index contributed by atoms with van der Waals surface area (Å²) in [5.41, 5.74) is 3.37. The van der Waals surface area contributed by atoms with E-state index in [2.05, 4.69) is 88.4 Å². The van der Waals surface area contributed by atoms with Crippen LogP contribution in [0.2, 0.25) is 0 Å². The lowest BCUT2D eigenvalue weighted by Crippen LogP contribution is -2.37. The highest BCUT2D eigenvalue weighted by molar-refractivity contribution is 5.21. The summed E-state index contributed by atoms with van der Waals surface area (Å²) in [6, 6.07) is 21.7. The van der Waals surface area contributed by atoms with Gasteiger partial charge in [-0.25, -0.2) is 0 Å². The molecule has 0 saturated carbocycles. The molecule has 0 aliphatic rings. The topological polar surface area (TPSA) is 0 Å². The summed E-state index contributed by atoms with van der Waals surface area (Å²) in [7, 11) is 0. The molecule has 0 fully saturated rings. The maximum absolute atomic E-state index is 2.42. The molecule has 0 bridgehead atoms. The van der Waals surface area contributed by atoms with Gasteiger partial charge in [-0.15, -0.1) is 0 Å². The molecular weight excluding hydrogens is 240 g/mol. The standard InChI is InChI=1S/C20H26/c1-19(2,3)20(4,15-17-11-7-5-8-12-17)16-18-13-9-6-10-14-18/h5-14H,15-16H2,1-4H3. The van der Waals surface area contributed by atoms with Crippen molar-refractivity contribution in [2.45, 2.75) is 40.5 Å². The second-order valence-corrected chi connectivity index (χ2v) is 7.14. The van der Waals surface area contributed by atoms with Crippen LogP contribution in [0.1, 0.15) is 38.8 Å². The molecule has 106 valence electrons. The van der Waals surface area contributed by atoms with Gasteiger partial charge in [0.1, 0.15) is 0 Å². The van der Waals surface area contributed by atoms with Crippen molar-refractivity contribution >= 4 is 0 Å². The summed E-state index contributed by atoms with van der Waals surface area (Å²) in [4.78, 5) is 0. The first kappa shape index (κ1) is 14.8. The normalized spacial score (nSPS) is 12.4. The Morgan fingerprint density at radius 2 is 0.950 bits per heavy atom. The molecule has 0 aliphatic carbocycles. The minimum atomic E-state index is 0.246. The molecule has 0 heterocycles. The molecule has 2 aromatic carbocycles. The van der Waals surface area contributed by atoms with Gasteiger partial charge in [0, 0.05) is 0 Å². The fourth-order valence-corrected chi connectivity index (χ4v) is 2.69. The van der Waals surface area contributed by atoms with Crippen molar-refractivity contribution in [3.8, 4) is 0 Å². The number of hydrogen-bond acceptors (Lipinski definition) is 0. The smallest absolute Gasteiger partial charge is 0.0196 e. The molecule has 0 saturated heterocycles. The van der Waals surface area contributed by atoms with Gasteiger partial charge in [0.2, 0.25) is 0 Å². The zero-order valence-corrected chi connectivity index (χ0v) is 13.2. The summed E-state index contributed by atoms with van der Waals surface area (Å²) in [6.45, 7) is 9.50. The zero-order chi connectivity index (χ0) is 14.6. The third kappa shape index (κ3) is 3.50. The van der Waals surface area contributed by atoms with Gasteiger partial charge in [0.05, 0.1) is 0 Å². The average molecular weight is 266 g/mol. The van der Waals surface area contributed by atoms with Crippen molar-refractivity contribution < 1.29 is 0 Å². The van der Waals surface area contributed by atoms with Crippen molar-refractivity contribution in [1.29, 1.82) is 0 Å². The van der Waals surface area contributed by atoms with Gasteiger partial charge in [0.25, 0.3) is 0 Å². The van der Waals surface area contributed by atoms with Crippen LogP contribution in [0.3, 0.4) is 0 Å². The van der Waals surface area contributed by atoms with Crippen molar-refractivity contribution in [1.82, 2.24) is 0 Å². The van der Waals surface area contributed by atoms with E-state index in [-0.39, 0.29) is 10.8 Å². The fourth-order valence-electron chi connectivity index (χ4n) is 2.69. The van der Waals surface area contributed by atoms with Crippen LogP contribution in [-0.4, -0.2) is 0 Å². The molecule has 0 aliphatic heterocycles. The van der Waals surface area contributed by atoms with E-state index >= 15 is 0 Å².